The Morgan fingerprint density at radius 2 is 2.00 bits per heavy atom. The first kappa shape index (κ1) is 9.64. The Kier molecular flexibility index (Phi) is 3.37. The van der Waals surface area contributed by atoms with Gasteiger partial charge < -0.3 is 0 Å². The van der Waals surface area contributed by atoms with Crippen LogP contribution in [0.3, 0.4) is 0 Å². The van der Waals surface area contributed by atoms with E-state index in [1.807, 2.05) is 6.07 Å². The number of halogens is 2. The SMILES string of the molecule is N#Cc1cccc(B(OF)OF)c1. The van der Waals surface area contributed by atoms with Crippen molar-refractivity contribution in [1.82, 2.24) is 0 Å². The average molecular weight is 183 g/mol. The first-order valence-electron chi connectivity index (χ1n) is 3.36. The molecule has 0 aromatic heterocycles. The molecular weight excluding hydrogens is 179 g/mol. The van der Waals surface area contributed by atoms with E-state index in [1.54, 1.807) is 0 Å². The summed E-state index contributed by atoms with van der Waals surface area (Å²) in [5, 5.41) is 8.47. The minimum atomic E-state index is -1.73. The highest BCUT2D eigenvalue weighted by atomic mass is 19.3. The Morgan fingerprint density at radius 3 is 2.54 bits per heavy atom. The van der Waals surface area contributed by atoms with Crippen LogP contribution < -0.4 is 5.46 Å². The Labute approximate surface area is 73.4 Å². The zero-order valence-electron chi connectivity index (χ0n) is 6.41. The van der Waals surface area contributed by atoms with Crippen molar-refractivity contribution in [2.75, 3.05) is 0 Å². The molecule has 1 aromatic carbocycles. The van der Waals surface area contributed by atoms with Crippen molar-refractivity contribution < 1.29 is 18.8 Å². The quantitative estimate of drug-likeness (QED) is 0.657. The molecule has 0 aliphatic rings. The summed E-state index contributed by atoms with van der Waals surface area (Å²) in [6.45, 7) is 0. The molecule has 0 aliphatic heterocycles. The summed E-state index contributed by atoms with van der Waals surface area (Å²) in [4.78, 5) is 6.36. The van der Waals surface area contributed by atoms with E-state index < -0.39 is 7.12 Å². The van der Waals surface area contributed by atoms with Crippen molar-refractivity contribution in [3.05, 3.63) is 29.8 Å². The summed E-state index contributed by atoms with van der Waals surface area (Å²) >= 11 is 0. The van der Waals surface area contributed by atoms with Gasteiger partial charge in [-0.25, -0.2) is 9.72 Å². The summed E-state index contributed by atoms with van der Waals surface area (Å²) < 4.78 is 23.3. The van der Waals surface area contributed by atoms with E-state index in [-0.39, 0.29) is 11.0 Å². The van der Waals surface area contributed by atoms with E-state index in [1.165, 1.54) is 24.3 Å². The highest BCUT2D eigenvalue weighted by Gasteiger charge is 2.24. The van der Waals surface area contributed by atoms with Crippen LogP contribution in [0.2, 0.25) is 0 Å². The van der Waals surface area contributed by atoms with E-state index in [2.05, 4.69) is 9.72 Å². The Balaban J connectivity index is 2.94. The molecule has 0 unspecified atom stereocenters. The van der Waals surface area contributed by atoms with Crippen LogP contribution in [-0.4, -0.2) is 7.12 Å². The fourth-order valence-electron chi connectivity index (χ4n) is 0.871. The van der Waals surface area contributed by atoms with Gasteiger partial charge in [-0.3, -0.25) is 0 Å². The molecule has 0 N–H and O–H groups in total. The fourth-order valence-corrected chi connectivity index (χ4v) is 0.871. The van der Waals surface area contributed by atoms with Gasteiger partial charge in [0.05, 0.1) is 11.6 Å². The average Bonchev–Trinajstić information content (AvgIpc) is 2.20. The van der Waals surface area contributed by atoms with E-state index in [0.717, 1.165) is 0 Å². The van der Waals surface area contributed by atoms with E-state index in [0.29, 0.717) is 0 Å². The molecule has 0 radical (unpaired) electrons. The van der Waals surface area contributed by atoms with Gasteiger partial charge in [-0.2, -0.15) is 5.26 Å². The predicted molar refractivity (Wildman–Crippen MR) is 40.9 cm³/mol. The van der Waals surface area contributed by atoms with E-state index in [9.17, 15) is 9.05 Å². The third-order valence-electron chi connectivity index (χ3n) is 1.45. The molecule has 13 heavy (non-hydrogen) atoms. The molecule has 0 fully saturated rings. The second-order valence-electron chi connectivity index (χ2n) is 2.25. The molecule has 3 nitrogen and oxygen atoms in total. The van der Waals surface area contributed by atoms with Crippen molar-refractivity contribution in [3.8, 4) is 6.07 Å². The Morgan fingerprint density at radius 1 is 1.31 bits per heavy atom. The van der Waals surface area contributed by atoms with E-state index in [4.69, 9.17) is 5.26 Å². The van der Waals surface area contributed by atoms with Crippen molar-refractivity contribution in [3.63, 3.8) is 0 Å². The van der Waals surface area contributed by atoms with Crippen LogP contribution in [0, 0.1) is 11.3 Å². The highest BCUT2D eigenvalue weighted by molar-refractivity contribution is 6.60. The predicted octanol–water partition coefficient (Wildman–Crippen LogP) is 1.06. The molecule has 1 rings (SSSR count). The number of nitrogens with zero attached hydrogens (tertiary/aromatic N) is 1. The summed E-state index contributed by atoms with van der Waals surface area (Å²) in [7, 11) is -1.73. The molecule has 0 bridgehead atoms. The molecule has 0 saturated heterocycles. The van der Waals surface area contributed by atoms with Crippen LogP contribution in [0.15, 0.2) is 24.3 Å². The molecule has 0 saturated carbocycles. The Bertz CT molecular complexity index is 325. The van der Waals surface area contributed by atoms with Crippen molar-refractivity contribution >= 4 is 12.6 Å². The van der Waals surface area contributed by atoms with Crippen molar-refractivity contribution in [1.29, 1.82) is 5.26 Å². The highest BCUT2D eigenvalue weighted by Crippen LogP contribution is 1.98. The lowest BCUT2D eigenvalue weighted by atomic mass is 9.79. The number of hydrogen-bond donors (Lipinski definition) is 0. The van der Waals surface area contributed by atoms with Crippen molar-refractivity contribution in [2.45, 2.75) is 0 Å². The van der Waals surface area contributed by atoms with E-state index >= 15 is 0 Å². The van der Waals surface area contributed by atoms with Crippen LogP contribution in [0.4, 0.5) is 9.05 Å². The summed E-state index contributed by atoms with van der Waals surface area (Å²) in [6.07, 6.45) is 0. The van der Waals surface area contributed by atoms with Crippen molar-refractivity contribution in [2.24, 2.45) is 0 Å². The molecule has 0 amide bonds. The summed E-state index contributed by atoms with van der Waals surface area (Å²) in [5.74, 6) is 0. The monoisotopic (exact) mass is 183 g/mol. The number of benzene rings is 1. The second-order valence-corrected chi connectivity index (χ2v) is 2.25. The smallest absolute Gasteiger partial charge is 0.214 e. The molecule has 0 atom stereocenters. The topological polar surface area (TPSA) is 42.2 Å². The molecule has 0 heterocycles. The fraction of sp³-hybridized carbons (Fsp3) is 0. The second kappa shape index (κ2) is 4.55. The molecule has 0 aliphatic carbocycles. The third-order valence-corrected chi connectivity index (χ3v) is 1.45. The minimum Gasteiger partial charge on any atom is -0.214 e. The van der Waals surface area contributed by atoms with Gasteiger partial charge in [0.1, 0.15) is 0 Å². The normalized spacial score (nSPS) is 9.31. The van der Waals surface area contributed by atoms with Gasteiger partial charge in [-0.05, 0) is 17.6 Å². The van der Waals surface area contributed by atoms with Crippen LogP contribution in [0.25, 0.3) is 0 Å². The summed E-state index contributed by atoms with van der Waals surface area (Å²) in [6, 6.07) is 7.43. The van der Waals surface area contributed by atoms with Crippen LogP contribution in [0.1, 0.15) is 5.56 Å². The van der Waals surface area contributed by atoms with Gasteiger partial charge in [0, 0.05) is 0 Å². The van der Waals surface area contributed by atoms with Gasteiger partial charge in [0.25, 0.3) is 0 Å². The minimum absolute atomic E-state index is 0.101. The lowest BCUT2D eigenvalue weighted by molar-refractivity contribution is -0.100. The lowest BCUT2D eigenvalue weighted by Crippen LogP contribution is -2.32. The zero-order valence-corrected chi connectivity index (χ0v) is 6.41. The molecular formula is C7H4BF2NO2. The third kappa shape index (κ3) is 2.24. The maximum Gasteiger partial charge on any atom is 0.568 e. The standard InChI is InChI=1S/C7H4BF2NO2/c9-12-8(13-10)7-3-1-2-6(4-7)5-11/h1-4H. The van der Waals surface area contributed by atoms with Crippen LogP contribution in [0.5, 0.6) is 0 Å². The van der Waals surface area contributed by atoms with Gasteiger partial charge in [-0.1, -0.05) is 21.2 Å². The molecule has 6 heteroatoms. The summed E-state index contributed by atoms with van der Waals surface area (Å²) in [5.41, 5.74) is 0.376. The maximum atomic E-state index is 11.6. The maximum absolute atomic E-state index is 11.6. The van der Waals surface area contributed by atoms with Gasteiger partial charge in [0.2, 0.25) is 0 Å². The Hall–Kier alpha value is -1.45. The lowest BCUT2D eigenvalue weighted by Gasteiger charge is -2.01. The molecule has 66 valence electrons. The first-order valence-corrected chi connectivity index (χ1v) is 3.36. The largest absolute Gasteiger partial charge is 0.568 e. The zero-order chi connectivity index (χ0) is 9.68. The van der Waals surface area contributed by atoms with Crippen LogP contribution >= 0.6 is 0 Å². The van der Waals surface area contributed by atoms with Gasteiger partial charge >= 0.3 is 7.12 Å². The number of nitriles is 1. The van der Waals surface area contributed by atoms with Gasteiger partial charge in [0.15, 0.2) is 0 Å². The first-order chi connectivity index (χ1) is 6.31. The number of rotatable bonds is 3. The van der Waals surface area contributed by atoms with Gasteiger partial charge in [-0.15, -0.1) is 0 Å². The number of hydrogen-bond acceptors (Lipinski definition) is 3. The molecule has 1 aromatic rings. The molecule has 0 spiro atoms. The van der Waals surface area contributed by atoms with Crippen LogP contribution in [-0.2, 0) is 9.72 Å².